The Morgan fingerprint density at radius 3 is 2.85 bits per heavy atom. The molecule has 0 spiro atoms. The van der Waals surface area contributed by atoms with Gasteiger partial charge < -0.3 is 15.5 Å². The third-order valence-electron chi connectivity index (χ3n) is 5.59. The predicted octanol–water partition coefficient (Wildman–Crippen LogP) is 1.77. The summed E-state index contributed by atoms with van der Waals surface area (Å²) in [6.45, 7) is 4.98. The molecule has 1 unspecified atom stereocenters. The molecule has 0 saturated carbocycles. The number of hydrogen-bond acceptors (Lipinski definition) is 3. The van der Waals surface area contributed by atoms with Gasteiger partial charge in [0.15, 0.2) is 0 Å². The Hall–Kier alpha value is -2.37. The number of likely N-dealkylation sites (tertiary alicyclic amines) is 1. The summed E-state index contributed by atoms with van der Waals surface area (Å²) in [7, 11) is 0. The van der Waals surface area contributed by atoms with Crippen molar-refractivity contribution in [3.8, 4) is 0 Å². The third-order valence-corrected chi connectivity index (χ3v) is 5.59. The maximum absolute atomic E-state index is 12.8. The summed E-state index contributed by atoms with van der Waals surface area (Å²) >= 11 is 0. The SMILES string of the molecule is CCC1(CNC(=O)[C@H]2CCCN2C(=O)c2cccc(C)c2)CCC(=O)N1. The van der Waals surface area contributed by atoms with Crippen molar-refractivity contribution in [2.75, 3.05) is 13.1 Å². The quantitative estimate of drug-likeness (QED) is 0.843. The zero-order chi connectivity index (χ0) is 18.7. The van der Waals surface area contributed by atoms with E-state index in [0.29, 0.717) is 31.5 Å². The molecule has 2 aliphatic heterocycles. The van der Waals surface area contributed by atoms with Gasteiger partial charge >= 0.3 is 0 Å². The second-order valence-corrected chi connectivity index (χ2v) is 7.43. The number of rotatable bonds is 5. The molecule has 2 N–H and O–H groups in total. The van der Waals surface area contributed by atoms with Crippen LogP contribution in [0.1, 0.15) is 54.9 Å². The molecule has 6 nitrogen and oxygen atoms in total. The second-order valence-electron chi connectivity index (χ2n) is 7.43. The number of benzene rings is 1. The number of aryl methyl sites for hydroxylation is 1. The molecule has 3 amide bonds. The van der Waals surface area contributed by atoms with Crippen LogP contribution in [-0.4, -0.2) is 47.3 Å². The van der Waals surface area contributed by atoms with E-state index in [1.54, 1.807) is 11.0 Å². The van der Waals surface area contributed by atoms with Crippen LogP contribution in [-0.2, 0) is 9.59 Å². The van der Waals surface area contributed by atoms with E-state index in [9.17, 15) is 14.4 Å². The molecular weight excluding hydrogens is 330 g/mol. The Kier molecular flexibility index (Phi) is 5.30. The first-order valence-corrected chi connectivity index (χ1v) is 9.40. The molecule has 140 valence electrons. The fourth-order valence-corrected chi connectivity index (χ4v) is 3.90. The van der Waals surface area contributed by atoms with Gasteiger partial charge in [-0.1, -0.05) is 24.6 Å². The molecule has 2 saturated heterocycles. The molecule has 0 aliphatic carbocycles. The summed E-state index contributed by atoms with van der Waals surface area (Å²) in [6.07, 6.45) is 3.51. The average molecular weight is 357 g/mol. The van der Waals surface area contributed by atoms with E-state index in [1.165, 1.54) is 0 Å². The van der Waals surface area contributed by atoms with Gasteiger partial charge in [0.2, 0.25) is 11.8 Å². The van der Waals surface area contributed by atoms with Crippen LogP contribution in [0.4, 0.5) is 0 Å². The number of carbonyl (C=O) groups excluding carboxylic acids is 3. The van der Waals surface area contributed by atoms with Gasteiger partial charge in [-0.3, -0.25) is 14.4 Å². The van der Waals surface area contributed by atoms with Crippen LogP contribution in [0, 0.1) is 6.92 Å². The number of carbonyl (C=O) groups is 3. The van der Waals surface area contributed by atoms with E-state index in [0.717, 1.165) is 24.8 Å². The van der Waals surface area contributed by atoms with Gasteiger partial charge in [-0.25, -0.2) is 0 Å². The van der Waals surface area contributed by atoms with Crippen LogP contribution < -0.4 is 10.6 Å². The molecule has 6 heteroatoms. The Morgan fingerprint density at radius 1 is 1.38 bits per heavy atom. The van der Waals surface area contributed by atoms with Gasteiger partial charge in [0.1, 0.15) is 6.04 Å². The summed E-state index contributed by atoms with van der Waals surface area (Å²) in [5.41, 5.74) is 1.30. The highest BCUT2D eigenvalue weighted by Gasteiger charge is 2.39. The van der Waals surface area contributed by atoms with E-state index in [2.05, 4.69) is 10.6 Å². The molecule has 2 atom stereocenters. The Labute approximate surface area is 154 Å². The topological polar surface area (TPSA) is 78.5 Å². The second kappa shape index (κ2) is 7.48. The molecule has 0 radical (unpaired) electrons. The average Bonchev–Trinajstić information content (AvgIpc) is 3.26. The smallest absolute Gasteiger partial charge is 0.254 e. The van der Waals surface area contributed by atoms with E-state index in [4.69, 9.17) is 0 Å². The first kappa shape index (κ1) is 18.4. The zero-order valence-electron chi connectivity index (χ0n) is 15.5. The fourth-order valence-electron chi connectivity index (χ4n) is 3.90. The summed E-state index contributed by atoms with van der Waals surface area (Å²) in [5.74, 6) is -0.179. The van der Waals surface area contributed by atoms with Crippen molar-refractivity contribution in [3.05, 3.63) is 35.4 Å². The molecule has 2 aliphatic rings. The van der Waals surface area contributed by atoms with Gasteiger partial charge in [-0.2, -0.15) is 0 Å². The lowest BCUT2D eigenvalue weighted by Gasteiger charge is -2.30. The zero-order valence-corrected chi connectivity index (χ0v) is 15.5. The first-order valence-electron chi connectivity index (χ1n) is 9.40. The van der Waals surface area contributed by atoms with E-state index in [1.807, 2.05) is 32.0 Å². The minimum Gasteiger partial charge on any atom is -0.352 e. The highest BCUT2D eigenvalue weighted by molar-refractivity contribution is 5.98. The van der Waals surface area contributed by atoms with Crippen molar-refractivity contribution < 1.29 is 14.4 Å². The lowest BCUT2D eigenvalue weighted by atomic mass is 9.94. The minimum absolute atomic E-state index is 0.0400. The summed E-state index contributed by atoms with van der Waals surface area (Å²) in [4.78, 5) is 38.8. The highest BCUT2D eigenvalue weighted by atomic mass is 16.2. The van der Waals surface area contributed by atoms with Gasteiger partial charge in [0.05, 0.1) is 5.54 Å². The molecule has 2 heterocycles. The van der Waals surface area contributed by atoms with E-state index in [-0.39, 0.29) is 23.3 Å². The molecular formula is C20H27N3O3. The number of hydrogen-bond donors (Lipinski definition) is 2. The normalized spacial score (nSPS) is 25.2. The molecule has 0 aromatic heterocycles. The number of nitrogens with zero attached hydrogens (tertiary/aromatic N) is 1. The van der Waals surface area contributed by atoms with Crippen molar-refractivity contribution >= 4 is 17.7 Å². The molecule has 0 bridgehead atoms. The van der Waals surface area contributed by atoms with Crippen LogP contribution in [0.2, 0.25) is 0 Å². The largest absolute Gasteiger partial charge is 0.352 e. The summed E-state index contributed by atoms with van der Waals surface area (Å²) in [6, 6.07) is 7.03. The Balaban J connectivity index is 1.65. The van der Waals surface area contributed by atoms with Gasteiger partial charge in [0, 0.05) is 25.1 Å². The van der Waals surface area contributed by atoms with Crippen LogP contribution in [0.3, 0.4) is 0 Å². The van der Waals surface area contributed by atoms with Crippen LogP contribution in [0.15, 0.2) is 24.3 Å². The monoisotopic (exact) mass is 357 g/mol. The minimum atomic E-state index is -0.436. The summed E-state index contributed by atoms with van der Waals surface area (Å²) in [5, 5.41) is 5.97. The van der Waals surface area contributed by atoms with E-state index < -0.39 is 6.04 Å². The van der Waals surface area contributed by atoms with Gasteiger partial charge in [-0.05, 0) is 44.7 Å². The summed E-state index contributed by atoms with van der Waals surface area (Å²) < 4.78 is 0. The van der Waals surface area contributed by atoms with Gasteiger partial charge in [-0.15, -0.1) is 0 Å². The molecule has 26 heavy (non-hydrogen) atoms. The third kappa shape index (κ3) is 3.74. The van der Waals surface area contributed by atoms with Crippen LogP contribution >= 0.6 is 0 Å². The van der Waals surface area contributed by atoms with Crippen LogP contribution in [0.25, 0.3) is 0 Å². The standard InChI is InChI=1S/C20H27N3O3/c1-3-20(10-9-17(24)22-20)13-21-18(25)16-8-5-11-23(16)19(26)15-7-4-6-14(2)12-15/h4,6-7,12,16H,3,5,8-11,13H2,1-2H3,(H,21,25)(H,22,24)/t16-,20?/m1/s1. The van der Waals surface area contributed by atoms with Crippen molar-refractivity contribution in [1.29, 1.82) is 0 Å². The molecule has 2 fully saturated rings. The number of nitrogens with one attached hydrogen (secondary N) is 2. The lowest BCUT2D eigenvalue weighted by molar-refractivity contribution is -0.125. The highest BCUT2D eigenvalue weighted by Crippen LogP contribution is 2.24. The Morgan fingerprint density at radius 2 is 2.19 bits per heavy atom. The Bertz CT molecular complexity index is 718. The van der Waals surface area contributed by atoms with Crippen molar-refractivity contribution in [2.24, 2.45) is 0 Å². The first-order chi connectivity index (χ1) is 12.4. The molecule has 1 aromatic carbocycles. The molecule has 1 aromatic rings. The lowest BCUT2D eigenvalue weighted by Crippen LogP contribution is -2.54. The predicted molar refractivity (Wildman–Crippen MR) is 98.6 cm³/mol. The van der Waals surface area contributed by atoms with Crippen molar-refractivity contribution in [1.82, 2.24) is 15.5 Å². The van der Waals surface area contributed by atoms with Crippen molar-refractivity contribution in [2.45, 2.75) is 57.5 Å². The van der Waals surface area contributed by atoms with E-state index >= 15 is 0 Å². The molecule has 3 rings (SSSR count). The number of amides is 3. The maximum atomic E-state index is 12.8. The van der Waals surface area contributed by atoms with Gasteiger partial charge in [0.25, 0.3) is 5.91 Å². The van der Waals surface area contributed by atoms with Crippen LogP contribution in [0.5, 0.6) is 0 Å². The van der Waals surface area contributed by atoms with Crippen molar-refractivity contribution in [3.63, 3.8) is 0 Å². The maximum Gasteiger partial charge on any atom is 0.254 e. The fraction of sp³-hybridized carbons (Fsp3) is 0.550.